The number of aliphatic carboxylic acids is 1. The monoisotopic (exact) mass is 1300 g/mol. The van der Waals surface area contributed by atoms with E-state index in [1.807, 2.05) is 6.07 Å². The van der Waals surface area contributed by atoms with Gasteiger partial charge in [-0.3, -0.25) is 43.8 Å². The number of benzene rings is 6. The predicted molar refractivity (Wildman–Crippen MR) is 339 cm³/mol. The van der Waals surface area contributed by atoms with Crippen molar-refractivity contribution in [3.05, 3.63) is 206 Å². The van der Waals surface area contributed by atoms with Crippen molar-refractivity contribution >= 4 is 183 Å². The summed E-state index contributed by atoms with van der Waals surface area (Å²) in [6, 6.07) is 31.5. The summed E-state index contributed by atoms with van der Waals surface area (Å²) >= 11 is 10.1. The van der Waals surface area contributed by atoms with Gasteiger partial charge in [-0.1, -0.05) is 72.3 Å². The van der Waals surface area contributed by atoms with Crippen LogP contribution in [0.3, 0.4) is 0 Å². The van der Waals surface area contributed by atoms with Crippen LogP contribution in [0, 0.1) is 0 Å². The Balaban J connectivity index is 0.911. The van der Waals surface area contributed by atoms with Crippen LogP contribution in [0.5, 0.6) is 5.75 Å². The van der Waals surface area contributed by atoms with Gasteiger partial charge in [0, 0.05) is 144 Å². The molecule has 3 aliphatic rings. The first-order valence-corrected chi connectivity index (χ1v) is 30.8. The highest BCUT2D eigenvalue weighted by Crippen LogP contribution is 2.48. The number of carboxylic acids is 1. The molecule has 15 rings (SSSR count). The summed E-state index contributed by atoms with van der Waals surface area (Å²) in [5.41, 5.74) is 1.63. The molecule has 0 fully saturated rings. The number of aromatic nitrogens is 3. The van der Waals surface area contributed by atoms with E-state index in [1.165, 1.54) is 52.6 Å². The lowest BCUT2D eigenvalue weighted by Gasteiger charge is -2.18. The molecule has 0 atom stereocenters. The highest BCUT2D eigenvalue weighted by atomic mass is 35.5. The molecular formula is C67H38ClF5N6O9S3. The smallest absolute Gasteiger partial charge is 0.481 e. The van der Waals surface area contributed by atoms with Gasteiger partial charge in [0.25, 0.3) is 41.9 Å². The van der Waals surface area contributed by atoms with Crippen molar-refractivity contribution in [1.82, 2.24) is 24.0 Å². The van der Waals surface area contributed by atoms with Crippen molar-refractivity contribution in [3.63, 3.8) is 0 Å². The number of ether oxygens (including phenoxy) is 1. The maximum atomic E-state index is 16.0. The van der Waals surface area contributed by atoms with Crippen LogP contribution in [-0.2, 0) is 53.7 Å². The van der Waals surface area contributed by atoms with E-state index in [4.69, 9.17) is 11.6 Å². The van der Waals surface area contributed by atoms with Crippen molar-refractivity contribution in [3.8, 4) is 5.75 Å². The number of hydrogen-bond donors (Lipinski definition) is 2. The van der Waals surface area contributed by atoms with Gasteiger partial charge in [0.05, 0.1) is 44.5 Å². The second-order valence-corrected chi connectivity index (χ2v) is 25.0. The Labute approximate surface area is 525 Å². The van der Waals surface area contributed by atoms with Crippen molar-refractivity contribution in [1.29, 1.82) is 0 Å². The Hall–Kier alpha value is -10.3. The van der Waals surface area contributed by atoms with Crippen LogP contribution in [0.15, 0.2) is 156 Å². The van der Waals surface area contributed by atoms with Gasteiger partial charge < -0.3 is 19.0 Å². The number of carboxylic acid groups (broad SMARTS) is 1. The highest BCUT2D eigenvalue weighted by molar-refractivity contribution is 7.18. The summed E-state index contributed by atoms with van der Waals surface area (Å²) in [6.07, 6.45) is -3.84. The molecule has 6 aromatic carbocycles. The van der Waals surface area contributed by atoms with Crippen molar-refractivity contribution in [2.24, 2.45) is 7.05 Å². The topological polar surface area (TPSA) is 182 Å². The third kappa shape index (κ3) is 9.19. The number of carbonyl (C=O) groups is 7. The van der Waals surface area contributed by atoms with E-state index in [-0.39, 0.29) is 78.6 Å². The van der Waals surface area contributed by atoms with Crippen molar-refractivity contribution in [2.45, 2.75) is 32.3 Å². The molecule has 0 aliphatic carbocycles. The molecule has 0 radical (unpaired) electrons. The quantitative estimate of drug-likeness (QED) is 0.0790. The maximum absolute atomic E-state index is 16.0. The number of rotatable bonds is 14. The fraction of sp³-hybridized carbons (Fsp3) is 0.0896. The van der Waals surface area contributed by atoms with Crippen molar-refractivity contribution < 1.29 is 65.4 Å². The number of imide groups is 3. The Morgan fingerprint density at radius 2 is 1.13 bits per heavy atom. The molecule has 12 aromatic rings. The molecule has 0 saturated carbocycles. The normalized spacial score (nSPS) is 15.1. The number of aryl methyl sites for hydroxylation is 2. The predicted octanol–water partition coefficient (Wildman–Crippen LogP) is 14.4. The lowest BCUT2D eigenvalue weighted by atomic mass is 9.95. The number of halogens is 6. The van der Waals surface area contributed by atoms with E-state index < -0.39 is 72.2 Å². The third-order valence-electron chi connectivity index (χ3n) is 16.6. The van der Waals surface area contributed by atoms with Crippen LogP contribution in [-0.4, -0.2) is 71.6 Å². The van der Waals surface area contributed by atoms with Gasteiger partial charge in [-0.05, 0) is 72.6 Å². The number of hydrogen-bond acceptors (Lipinski definition) is 11. The lowest BCUT2D eigenvalue weighted by Crippen LogP contribution is -2.40. The largest absolute Gasteiger partial charge is 0.573 e. The Morgan fingerprint density at radius 1 is 0.571 bits per heavy atom. The zero-order valence-electron chi connectivity index (χ0n) is 46.7. The van der Waals surface area contributed by atoms with E-state index in [9.17, 15) is 32.7 Å². The zero-order chi connectivity index (χ0) is 63.2. The van der Waals surface area contributed by atoms with Crippen LogP contribution in [0.25, 0.3) is 96.4 Å². The molecule has 6 amide bonds. The number of fused-ring (bicyclic) bond motifs is 6. The fourth-order valence-electron chi connectivity index (χ4n) is 12.6. The first-order chi connectivity index (χ1) is 43.7. The molecule has 0 spiro atoms. The number of nitrogens with zero attached hydrogens (tertiary/aromatic N) is 5. The van der Waals surface area contributed by atoms with E-state index in [2.05, 4.69) is 10.1 Å². The molecule has 9 heterocycles. The van der Waals surface area contributed by atoms with Gasteiger partial charge in [-0.2, -0.15) is 5.01 Å². The second kappa shape index (κ2) is 21.2. The molecule has 24 heteroatoms. The van der Waals surface area contributed by atoms with Crippen LogP contribution >= 0.6 is 45.6 Å². The van der Waals surface area contributed by atoms with Gasteiger partial charge in [0.15, 0.2) is 0 Å². The van der Waals surface area contributed by atoms with Crippen LogP contribution in [0.2, 0.25) is 5.02 Å². The second-order valence-electron chi connectivity index (χ2n) is 21.8. The molecular weight excluding hydrogens is 1260 g/mol. The zero-order valence-corrected chi connectivity index (χ0v) is 49.9. The first kappa shape index (κ1) is 57.1. The Bertz CT molecular complexity index is 5430. The highest BCUT2D eigenvalue weighted by Gasteiger charge is 2.47. The summed E-state index contributed by atoms with van der Waals surface area (Å²) < 4.78 is 80.9. The van der Waals surface area contributed by atoms with E-state index in [0.29, 0.717) is 65.2 Å². The molecule has 3 aliphatic heterocycles. The third-order valence-corrected chi connectivity index (χ3v) is 19.7. The van der Waals surface area contributed by atoms with Crippen molar-refractivity contribution in [2.75, 3.05) is 5.01 Å². The molecule has 91 heavy (non-hydrogen) atoms. The number of amides is 6. The van der Waals surface area contributed by atoms with E-state index in [1.54, 1.807) is 112 Å². The maximum Gasteiger partial charge on any atom is 0.573 e. The van der Waals surface area contributed by atoms with Gasteiger partial charge in [-0.15, -0.1) is 47.2 Å². The average molecular weight is 1300 g/mol. The summed E-state index contributed by atoms with van der Waals surface area (Å²) in [4.78, 5) is 104. The van der Waals surface area contributed by atoms with Gasteiger partial charge in [0.2, 0.25) is 0 Å². The summed E-state index contributed by atoms with van der Waals surface area (Å²) in [6.45, 7) is -0.557. The lowest BCUT2D eigenvalue weighted by molar-refractivity contribution is -0.274. The number of para-hydroxylation sites is 1. The Kier molecular flexibility index (Phi) is 13.3. The summed E-state index contributed by atoms with van der Waals surface area (Å²) in [5, 5.41) is 20.7. The minimum absolute atomic E-state index is 0.0184. The molecule has 6 aromatic heterocycles. The molecule has 0 saturated heterocycles. The molecule has 2 N–H and O–H groups in total. The number of carbonyl (C=O) groups excluding carboxylic acids is 6. The molecule has 0 unspecified atom stereocenters. The molecule has 450 valence electrons. The number of alkyl halides is 5. The van der Waals surface area contributed by atoms with Crippen LogP contribution in [0.1, 0.15) is 57.4 Å². The molecule has 0 bridgehead atoms. The minimum Gasteiger partial charge on any atom is -0.481 e. The van der Waals surface area contributed by atoms with E-state index in [0.717, 1.165) is 59.6 Å². The molecule has 15 nitrogen and oxygen atoms in total. The summed E-state index contributed by atoms with van der Waals surface area (Å²) in [7, 11) is 1.74. The average Bonchev–Trinajstić information content (AvgIpc) is 1.56. The minimum atomic E-state index is -5.02. The van der Waals surface area contributed by atoms with Gasteiger partial charge in [0.1, 0.15) is 12.4 Å². The Morgan fingerprint density at radius 3 is 1.85 bits per heavy atom. The van der Waals surface area contributed by atoms with E-state index >= 15 is 28.0 Å². The fourth-order valence-corrected chi connectivity index (χ4v) is 15.7. The SMILES string of the molecule is Cn1cc(C2=C(c3csc4cc(OC(F)(F)F)ccc34)C(=O)N(n3cc(C4=C(c5csc6ccccc56)C(=O)N(Cn5cc(C6=C(c7csc8ccc(Cl)cc78)C(=O)NC6=O)c6ccc(CCC(=O)O)cc65)C4=O)c4ccc(C(F)F)cc43)C2=O)c2ccccc21. The van der Waals surface area contributed by atoms with Crippen LogP contribution < -0.4 is 15.1 Å². The van der Waals surface area contributed by atoms with Crippen LogP contribution in [0.4, 0.5) is 22.0 Å². The first-order valence-electron chi connectivity index (χ1n) is 27.8. The van der Waals surface area contributed by atoms with Gasteiger partial charge in [-0.25, -0.2) is 13.5 Å². The van der Waals surface area contributed by atoms with Gasteiger partial charge >= 0.3 is 12.3 Å². The number of thiophene rings is 3. The number of nitrogens with one attached hydrogen (secondary N) is 1. The standard InChI is InChI=1S/C67H38ClF5N6O9S3/c1-75-24-41(35-6-2-4-8-47(35)75)57-59(45-28-91-52-23-34(14-17-39(45)52)88-67(71,72)73)66(87)79(65(57)86)78-26-43(37-16-12-32(60(69)70)21-49(37)78)56-58(44-27-89-50-9-5-3-7-38(44)50)64(85)77(63(56)84)30-76-25-42(36-15-10-31(20-48(36)76)11-19-53(80)81)54-55(62(83)74-61(54)82)46-29-90-51-18-13-33(68)22-40(46)51/h2-10,12-18,20-29,60H,11,19,30H2,1H3,(H,80,81)(H,74,82,83). The summed E-state index contributed by atoms with van der Waals surface area (Å²) in [5.74, 6) is -6.63.